The molecule has 4 heteroatoms. The minimum absolute atomic E-state index is 0.264. The van der Waals surface area contributed by atoms with Gasteiger partial charge in [-0.2, -0.15) is 5.26 Å². The van der Waals surface area contributed by atoms with E-state index in [-0.39, 0.29) is 5.82 Å². The van der Waals surface area contributed by atoms with Gasteiger partial charge in [0.2, 0.25) is 0 Å². The van der Waals surface area contributed by atoms with E-state index in [1.165, 1.54) is 0 Å². The summed E-state index contributed by atoms with van der Waals surface area (Å²) in [5.74, 6) is 0.264. The molecule has 0 bridgehead atoms. The normalized spacial score (nSPS) is 15.3. The highest BCUT2D eigenvalue weighted by atomic mass is 79.9. The Labute approximate surface area is 166 Å². The van der Waals surface area contributed by atoms with E-state index in [4.69, 9.17) is 5.73 Å². The number of benzene rings is 3. The number of hydrogen-bond acceptors (Lipinski definition) is 3. The van der Waals surface area contributed by atoms with Gasteiger partial charge in [-0.1, -0.05) is 88.7 Å². The second-order valence-electron chi connectivity index (χ2n) is 6.32. The second kappa shape index (κ2) is 6.86. The maximum atomic E-state index is 10.0. The van der Waals surface area contributed by atoms with Crippen molar-refractivity contribution in [1.82, 2.24) is 0 Å². The van der Waals surface area contributed by atoms with Crippen LogP contribution in [-0.2, 0) is 5.41 Å². The first-order valence-electron chi connectivity index (χ1n) is 8.54. The maximum absolute atomic E-state index is 10.0. The zero-order valence-corrected chi connectivity index (χ0v) is 16.0. The topological polar surface area (TPSA) is 62.2 Å². The van der Waals surface area contributed by atoms with Crippen molar-refractivity contribution in [2.75, 3.05) is 0 Å². The largest absolute Gasteiger partial charge is 0.383 e. The van der Waals surface area contributed by atoms with Crippen LogP contribution in [0.5, 0.6) is 0 Å². The molecule has 1 aliphatic heterocycles. The van der Waals surface area contributed by atoms with E-state index in [2.05, 4.69) is 27.0 Å². The predicted molar refractivity (Wildman–Crippen MR) is 111 cm³/mol. The van der Waals surface area contributed by atoms with Crippen molar-refractivity contribution >= 4 is 21.6 Å². The summed E-state index contributed by atoms with van der Waals surface area (Å²) in [5, 5.41) is 10.0. The first-order chi connectivity index (χ1) is 13.2. The fourth-order valence-electron chi connectivity index (χ4n) is 3.73. The number of halogens is 1. The summed E-state index contributed by atoms with van der Waals surface area (Å²) in [7, 11) is 0. The molecule has 0 spiro atoms. The number of rotatable bonds is 3. The van der Waals surface area contributed by atoms with E-state index in [0.29, 0.717) is 5.57 Å². The first kappa shape index (κ1) is 17.3. The summed E-state index contributed by atoms with van der Waals surface area (Å²) in [4.78, 5) is 4.69. The van der Waals surface area contributed by atoms with Crippen LogP contribution in [0.15, 0.2) is 106 Å². The van der Waals surface area contributed by atoms with E-state index in [0.717, 1.165) is 26.9 Å². The zero-order valence-electron chi connectivity index (χ0n) is 14.4. The lowest BCUT2D eigenvalue weighted by molar-refractivity contribution is 0.842. The first-order valence-corrected chi connectivity index (χ1v) is 9.33. The summed E-state index contributed by atoms with van der Waals surface area (Å²) in [6.45, 7) is 0. The van der Waals surface area contributed by atoms with Crippen LogP contribution in [0, 0.1) is 11.3 Å². The fourth-order valence-corrected chi connectivity index (χ4v) is 4.13. The van der Waals surface area contributed by atoms with Crippen molar-refractivity contribution in [2.45, 2.75) is 5.41 Å². The molecule has 27 heavy (non-hydrogen) atoms. The van der Waals surface area contributed by atoms with Crippen molar-refractivity contribution < 1.29 is 0 Å². The highest BCUT2D eigenvalue weighted by molar-refractivity contribution is 9.10. The molecule has 0 amide bonds. The molecule has 0 aromatic heterocycles. The molecule has 0 radical (unpaired) electrons. The van der Waals surface area contributed by atoms with Crippen LogP contribution >= 0.6 is 15.9 Å². The lowest BCUT2D eigenvalue weighted by Crippen LogP contribution is -2.37. The maximum Gasteiger partial charge on any atom is 0.139 e. The van der Waals surface area contributed by atoms with Gasteiger partial charge in [0, 0.05) is 4.47 Å². The number of nitrogens with zero attached hydrogens (tertiary/aromatic N) is 2. The van der Waals surface area contributed by atoms with Gasteiger partial charge in [0.15, 0.2) is 0 Å². The average molecular weight is 414 g/mol. The molecular formula is C23H16BrN3. The predicted octanol–water partition coefficient (Wildman–Crippen LogP) is 4.93. The number of nitriles is 1. The molecule has 1 aliphatic rings. The quantitative estimate of drug-likeness (QED) is 0.661. The van der Waals surface area contributed by atoms with Gasteiger partial charge in [-0.25, -0.2) is 4.99 Å². The van der Waals surface area contributed by atoms with E-state index in [9.17, 15) is 5.26 Å². The van der Waals surface area contributed by atoms with Crippen LogP contribution in [0.3, 0.4) is 0 Å². The van der Waals surface area contributed by atoms with Crippen molar-refractivity contribution in [1.29, 1.82) is 5.26 Å². The van der Waals surface area contributed by atoms with E-state index in [1.807, 2.05) is 84.9 Å². The van der Waals surface area contributed by atoms with Crippen LogP contribution < -0.4 is 5.73 Å². The lowest BCUT2D eigenvalue weighted by atomic mass is 9.65. The molecule has 1 heterocycles. The Morgan fingerprint density at radius 1 is 0.852 bits per heavy atom. The highest BCUT2D eigenvalue weighted by Crippen LogP contribution is 2.46. The number of aliphatic imine (C=N–C) groups is 1. The van der Waals surface area contributed by atoms with Crippen molar-refractivity contribution in [3.63, 3.8) is 0 Å². The van der Waals surface area contributed by atoms with E-state index < -0.39 is 5.41 Å². The summed E-state index contributed by atoms with van der Waals surface area (Å²) in [6, 6.07) is 30.2. The third kappa shape index (κ3) is 2.68. The van der Waals surface area contributed by atoms with Crippen LogP contribution in [0.4, 0.5) is 0 Å². The molecule has 3 aromatic rings. The molecule has 0 fully saturated rings. The SMILES string of the molecule is N#CC1=C(N)N=C(c2cccc(Br)c2)C1(c1ccccc1)c1ccccc1. The summed E-state index contributed by atoms with van der Waals surface area (Å²) >= 11 is 3.54. The average Bonchev–Trinajstić information content (AvgIpc) is 3.02. The van der Waals surface area contributed by atoms with Gasteiger partial charge < -0.3 is 5.73 Å². The fraction of sp³-hybridized carbons (Fsp3) is 0.0435. The molecule has 0 saturated heterocycles. The Hall–Kier alpha value is -3.16. The molecule has 3 nitrogen and oxygen atoms in total. The molecule has 2 N–H and O–H groups in total. The minimum atomic E-state index is -0.845. The molecule has 0 saturated carbocycles. The van der Waals surface area contributed by atoms with E-state index >= 15 is 0 Å². The van der Waals surface area contributed by atoms with Crippen LogP contribution in [-0.4, -0.2) is 5.71 Å². The number of hydrogen-bond donors (Lipinski definition) is 1. The highest BCUT2D eigenvalue weighted by Gasteiger charge is 2.48. The number of nitrogens with two attached hydrogens (primary N) is 1. The van der Waals surface area contributed by atoms with E-state index in [1.54, 1.807) is 0 Å². The lowest BCUT2D eigenvalue weighted by Gasteiger charge is -2.33. The Balaban J connectivity index is 2.11. The van der Waals surface area contributed by atoms with Gasteiger partial charge in [0.1, 0.15) is 17.3 Å². The van der Waals surface area contributed by atoms with Gasteiger partial charge in [0.25, 0.3) is 0 Å². The van der Waals surface area contributed by atoms with Gasteiger partial charge in [0.05, 0.1) is 11.3 Å². The third-order valence-electron chi connectivity index (χ3n) is 4.84. The zero-order chi connectivity index (χ0) is 18.9. The molecule has 0 atom stereocenters. The molecule has 0 unspecified atom stereocenters. The third-order valence-corrected chi connectivity index (χ3v) is 5.34. The number of allylic oxidation sites excluding steroid dienone is 1. The molecule has 0 aliphatic carbocycles. The van der Waals surface area contributed by atoms with Gasteiger partial charge in [-0.3, -0.25) is 0 Å². The van der Waals surface area contributed by atoms with Crippen molar-refractivity contribution in [3.8, 4) is 6.07 Å². The van der Waals surface area contributed by atoms with Crippen LogP contribution in [0.2, 0.25) is 0 Å². The van der Waals surface area contributed by atoms with Gasteiger partial charge in [-0.05, 0) is 28.8 Å². The molecule has 4 rings (SSSR count). The standard InChI is InChI=1S/C23H16BrN3/c24-19-13-7-8-16(14-19)21-23(17-9-3-1-4-10-17,18-11-5-2-6-12-18)20(15-25)22(26)27-21/h1-14H,26H2. The minimum Gasteiger partial charge on any atom is -0.383 e. The second-order valence-corrected chi connectivity index (χ2v) is 7.24. The van der Waals surface area contributed by atoms with Crippen molar-refractivity contribution in [3.05, 3.63) is 117 Å². The molecular weight excluding hydrogens is 398 g/mol. The van der Waals surface area contributed by atoms with Gasteiger partial charge >= 0.3 is 0 Å². The van der Waals surface area contributed by atoms with Gasteiger partial charge in [-0.15, -0.1) is 0 Å². The van der Waals surface area contributed by atoms with Crippen LogP contribution in [0.1, 0.15) is 16.7 Å². The Bertz CT molecular complexity index is 1050. The Morgan fingerprint density at radius 2 is 1.44 bits per heavy atom. The van der Waals surface area contributed by atoms with Crippen LogP contribution in [0.25, 0.3) is 0 Å². The molecule has 3 aromatic carbocycles. The summed E-state index contributed by atoms with van der Waals surface area (Å²) in [5.41, 5.74) is 9.48. The summed E-state index contributed by atoms with van der Waals surface area (Å²) < 4.78 is 0.946. The Kier molecular flexibility index (Phi) is 4.39. The smallest absolute Gasteiger partial charge is 0.139 e. The Morgan fingerprint density at radius 3 is 1.96 bits per heavy atom. The molecule has 130 valence electrons. The monoisotopic (exact) mass is 413 g/mol. The van der Waals surface area contributed by atoms with Crippen molar-refractivity contribution in [2.24, 2.45) is 10.7 Å². The summed E-state index contributed by atoms with van der Waals surface area (Å²) in [6.07, 6.45) is 0.